The Morgan fingerprint density at radius 3 is 2.39 bits per heavy atom. The molecule has 0 radical (unpaired) electrons. The van der Waals surface area contributed by atoms with Gasteiger partial charge in [0.1, 0.15) is 0 Å². The molecule has 0 atom stereocenters. The highest BCUT2D eigenvalue weighted by atomic mass is 35.5. The van der Waals surface area contributed by atoms with E-state index in [9.17, 15) is 22.0 Å². The highest BCUT2D eigenvalue weighted by molar-refractivity contribution is 6.16. The third-order valence-corrected chi connectivity index (χ3v) is 2.07. The molecule has 0 fully saturated rings. The minimum Gasteiger partial charge on any atom is -0.493 e. The van der Waals surface area contributed by atoms with Crippen LogP contribution in [0.15, 0.2) is 6.07 Å². The van der Waals surface area contributed by atoms with Crippen molar-refractivity contribution in [2.45, 2.75) is 18.7 Å². The van der Waals surface area contributed by atoms with Gasteiger partial charge in [-0.2, -0.15) is 0 Å². The zero-order valence-electron chi connectivity index (χ0n) is 8.89. The van der Waals surface area contributed by atoms with Crippen LogP contribution in [0, 0.1) is 0 Å². The van der Waals surface area contributed by atoms with E-state index in [1.807, 2.05) is 0 Å². The lowest BCUT2D eigenvalue weighted by Crippen LogP contribution is -2.19. The van der Waals surface area contributed by atoms with Gasteiger partial charge in [0.2, 0.25) is 0 Å². The normalized spacial score (nSPS) is 11.8. The molecule has 0 saturated heterocycles. The molecule has 3 nitrogen and oxygen atoms in total. The van der Waals surface area contributed by atoms with Crippen LogP contribution in [0.25, 0.3) is 0 Å². The zero-order chi connectivity index (χ0) is 13.9. The van der Waals surface area contributed by atoms with E-state index in [2.05, 4.69) is 14.5 Å². The van der Waals surface area contributed by atoms with E-state index in [0.29, 0.717) is 0 Å². The number of hydrogen-bond acceptors (Lipinski definition) is 3. The molecule has 0 aliphatic heterocycles. The Morgan fingerprint density at radius 1 is 1.39 bits per heavy atom. The highest BCUT2D eigenvalue weighted by Crippen LogP contribution is 2.39. The van der Waals surface area contributed by atoms with E-state index in [-0.39, 0.29) is 11.6 Å². The first kappa shape index (κ1) is 14.7. The molecule has 0 saturated carbocycles. The van der Waals surface area contributed by atoms with Crippen molar-refractivity contribution in [2.24, 2.45) is 0 Å². The first-order valence-electron chi connectivity index (χ1n) is 4.46. The monoisotopic (exact) mass is 291 g/mol. The summed E-state index contributed by atoms with van der Waals surface area (Å²) in [6.45, 7) is 0. The fourth-order valence-electron chi connectivity index (χ4n) is 1.17. The van der Waals surface area contributed by atoms with Crippen LogP contribution in [-0.2, 0) is 5.88 Å². The lowest BCUT2D eigenvalue weighted by Gasteiger charge is -2.16. The molecule has 0 aliphatic rings. The van der Waals surface area contributed by atoms with Crippen molar-refractivity contribution in [3.05, 3.63) is 17.5 Å². The van der Waals surface area contributed by atoms with Crippen LogP contribution in [0.1, 0.15) is 17.8 Å². The molecule has 0 N–H and O–H groups in total. The van der Waals surface area contributed by atoms with Crippen LogP contribution < -0.4 is 9.47 Å². The van der Waals surface area contributed by atoms with Gasteiger partial charge >= 0.3 is 6.36 Å². The maximum absolute atomic E-state index is 12.6. The second-order valence-corrected chi connectivity index (χ2v) is 3.28. The molecule has 1 rings (SSSR count). The van der Waals surface area contributed by atoms with Crippen LogP contribution in [-0.4, -0.2) is 18.5 Å². The summed E-state index contributed by atoms with van der Waals surface area (Å²) >= 11 is 5.39. The molecular formula is C9H7ClF5NO2. The van der Waals surface area contributed by atoms with Crippen molar-refractivity contribution < 1.29 is 31.4 Å². The van der Waals surface area contributed by atoms with Crippen molar-refractivity contribution in [3.8, 4) is 11.5 Å². The van der Waals surface area contributed by atoms with Crippen molar-refractivity contribution in [1.82, 2.24) is 4.98 Å². The Balaban J connectivity index is 3.35. The first-order chi connectivity index (χ1) is 8.28. The van der Waals surface area contributed by atoms with Crippen molar-refractivity contribution in [1.29, 1.82) is 0 Å². The second-order valence-electron chi connectivity index (χ2n) is 3.01. The average molecular weight is 292 g/mol. The molecule has 0 amide bonds. The van der Waals surface area contributed by atoms with Gasteiger partial charge in [0.25, 0.3) is 6.43 Å². The SMILES string of the molecule is COc1cc(CCl)nc(C(F)F)c1OC(F)(F)F. The highest BCUT2D eigenvalue weighted by Gasteiger charge is 2.36. The quantitative estimate of drug-likeness (QED) is 0.626. The van der Waals surface area contributed by atoms with E-state index in [1.54, 1.807) is 0 Å². The summed E-state index contributed by atoms with van der Waals surface area (Å²) in [5.41, 5.74) is -1.21. The Hall–Kier alpha value is -1.31. The van der Waals surface area contributed by atoms with Gasteiger partial charge in [0.05, 0.1) is 18.7 Å². The summed E-state index contributed by atoms with van der Waals surface area (Å²) in [6, 6.07) is 1.000. The van der Waals surface area contributed by atoms with E-state index in [4.69, 9.17) is 11.6 Å². The molecule has 0 bridgehead atoms. The fraction of sp³-hybridized carbons (Fsp3) is 0.444. The number of pyridine rings is 1. The van der Waals surface area contributed by atoms with Gasteiger partial charge in [-0.15, -0.1) is 24.8 Å². The molecule has 102 valence electrons. The molecule has 1 heterocycles. The topological polar surface area (TPSA) is 31.4 Å². The third-order valence-electron chi connectivity index (χ3n) is 1.80. The van der Waals surface area contributed by atoms with Gasteiger partial charge in [-0.3, -0.25) is 0 Å². The molecule has 1 aromatic heterocycles. The molecule has 9 heteroatoms. The summed E-state index contributed by atoms with van der Waals surface area (Å²) in [5, 5.41) is 0. The molecular weight excluding hydrogens is 285 g/mol. The lowest BCUT2D eigenvalue weighted by atomic mass is 10.2. The maximum atomic E-state index is 12.6. The number of rotatable bonds is 4. The number of nitrogens with zero attached hydrogens (tertiary/aromatic N) is 1. The Morgan fingerprint density at radius 2 is 2.00 bits per heavy atom. The smallest absolute Gasteiger partial charge is 0.493 e. The van der Waals surface area contributed by atoms with Gasteiger partial charge < -0.3 is 9.47 Å². The predicted molar refractivity (Wildman–Crippen MR) is 52.0 cm³/mol. The number of hydrogen-bond donors (Lipinski definition) is 0. The van der Waals surface area contributed by atoms with E-state index in [1.165, 1.54) is 0 Å². The molecule has 0 aromatic carbocycles. The minimum atomic E-state index is -5.12. The molecule has 0 aliphatic carbocycles. The molecule has 0 spiro atoms. The van der Waals surface area contributed by atoms with Crippen LogP contribution >= 0.6 is 11.6 Å². The zero-order valence-corrected chi connectivity index (χ0v) is 9.65. The van der Waals surface area contributed by atoms with Crippen LogP contribution in [0.4, 0.5) is 22.0 Å². The number of ether oxygens (including phenoxy) is 2. The largest absolute Gasteiger partial charge is 0.573 e. The first-order valence-corrected chi connectivity index (χ1v) is 4.99. The maximum Gasteiger partial charge on any atom is 0.573 e. The van der Waals surface area contributed by atoms with Gasteiger partial charge in [-0.05, 0) is 0 Å². The summed E-state index contributed by atoms with van der Waals surface area (Å²) in [4.78, 5) is 3.30. The lowest BCUT2D eigenvalue weighted by molar-refractivity contribution is -0.275. The fourth-order valence-corrected chi connectivity index (χ4v) is 1.30. The summed E-state index contributed by atoms with van der Waals surface area (Å²) in [5.74, 6) is -1.91. The number of alkyl halides is 6. The van der Waals surface area contributed by atoms with Gasteiger partial charge in [-0.25, -0.2) is 13.8 Å². The van der Waals surface area contributed by atoms with Gasteiger partial charge in [-0.1, -0.05) is 0 Å². The Kier molecular flexibility index (Phi) is 4.55. The molecule has 1 aromatic rings. The average Bonchev–Trinajstić information content (AvgIpc) is 2.26. The van der Waals surface area contributed by atoms with E-state index in [0.717, 1.165) is 13.2 Å². The van der Waals surface area contributed by atoms with Crippen molar-refractivity contribution >= 4 is 11.6 Å². The number of methoxy groups -OCH3 is 1. The number of aromatic nitrogens is 1. The number of halogens is 6. The second kappa shape index (κ2) is 5.55. The Bertz CT molecular complexity index is 424. The molecule has 0 unspecified atom stereocenters. The summed E-state index contributed by atoms with van der Waals surface area (Å²) in [7, 11) is 1.02. The molecule has 18 heavy (non-hydrogen) atoms. The van der Waals surface area contributed by atoms with Gasteiger partial charge in [0.15, 0.2) is 17.2 Å². The van der Waals surface area contributed by atoms with Crippen molar-refractivity contribution in [3.63, 3.8) is 0 Å². The van der Waals surface area contributed by atoms with Crippen LogP contribution in [0.2, 0.25) is 0 Å². The van der Waals surface area contributed by atoms with Crippen LogP contribution in [0.5, 0.6) is 11.5 Å². The van der Waals surface area contributed by atoms with Gasteiger partial charge in [0, 0.05) is 6.07 Å². The standard InChI is InChI=1S/C9H7ClF5NO2/c1-17-5-2-4(3-10)16-6(8(11)12)7(5)18-9(13,14)15/h2,8H,3H2,1H3. The summed E-state index contributed by atoms with van der Waals surface area (Å²) in [6.07, 6.45) is -8.37. The van der Waals surface area contributed by atoms with Crippen molar-refractivity contribution in [2.75, 3.05) is 7.11 Å². The minimum absolute atomic E-state index is 0.0432. The predicted octanol–water partition coefficient (Wildman–Crippen LogP) is 3.67. The van der Waals surface area contributed by atoms with E-state index < -0.39 is 30.0 Å². The van der Waals surface area contributed by atoms with Crippen LogP contribution in [0.3, 0.4) is 0 Å². The third kappa shape index (κ3) is 3.59. The Labute approximate surface area is 103 Å². The summed E-state index contributed by atoms with van der Waals surface area (Å²) < 4.78 is 69.6. The van der Waals surface area contributed by atoms with E-state index >= 15 is 0 Å².